The van der Waals surface area contributed by atoms with Gasteiger partial charge in [0, 0.05) is 31.9 Å². The molecule has 0 aromatic heterocycles. The van der Waals surface area contributed by atoms with Gasteiger partial charge in [0.05, 0.1) is 0 Å². The zero-order valence-corrected chi connectivity index (χ0v) is 35.4. The largest absolute Gasteiger partial charge is 0.500 e. The molecule has 0 amide bonds. The Morgan fingerprint density at radius 2 is 0.548 bits per heavy atom. The molecule has 0 aliphatic carbocycles. The summed E-state index contributed by atoms with van der Waals surface area (Å²) < 4.78 is 41.1. The first-order valence-electron chi connectivity index (χ1n) is 18.1. The Kier molecular flexibility index (Phi) is 22.8. The molecule has 0 spiro atoms. The Morgan fingerprint density at radius 3 is 0.786 bits per heavy atom. The van der Waals surface area contributed by atoms with E-state index < -0.39 is 42.6 Å². The summed E-state index contributed by atoms with van der Waals surface area (Å²) in [4.78, 5) is 0. The maximum atomic E-state index is 7.61. The Morgan fingerprint density at radius 1 is 0.310 bits per heavy atom. The second-order valence-electron chi connectivity index (χ2n) is 12.0. The van der Waals surface area contributed by atoms with Crippen LogP contribution in [0.15, 0.2) is 0 Å². The van der Waals surface area contributed by atoms with Crippen LogP contribution in [-0.4, -0.2) is 62.4 Å². The van der Waals surface area contributed by atoms with Gasteiger partial charge in [-0.25, -0.2) is 0 Å². The molecule has 0 heterocycles. The van der Waals surface area contributed by atoms with E-state index in [-0.39, 0.29) is 0 Å². The minimum atomic E-state index is -2.89. The monoisotopic (exact) mass is 682 g/mol. The SMILES string of the molecule is CCO[Si](CCCCCCC[Si](O[Si](CC)(CC)CC)(O[Si](CC)(CC)CC)O[Si](CC)(CC)CC)(OCC)OCC. The molecule has 254 valence electrons. The van der Waals surface area contributed by atoms with Crippen LogP contribution in [0.5, 0.6) is 0 Å². The zero-order valence-electron chi connectivity index (χ0n) is 30.4. The van der Waals surface area contributed by atoms with E-state index in [0.29, 0.717) is 19.8 Å². The predicted molar refractivity (Wildman–Crippen MR) is 194 cm³/mol. The second kappa shape index (κ2) is 22.4. The highest BCUT2D eigenvalue weighted by Crippen LogP contribution is 2.39. The van der Waals surface area contributed by atoms with E-state index in [1.165, 1.54) is 19.3 Å². The first-order chi connectivity index (χ1) is 20.1. The fraction of sp³-hybridized carbons (Fsp3) is 1.00. The van der Waals surface area contributed by atoms with Crippen LogP contribution in [0.1, 0.15) is 115 Å². The van der Waals surface area contributed by atoms with E-state index in [0.717, 1.165) is 79.3 Å². The molecule has 0 aromatic carbocycles. The van der Waals surface area contributed by atoms with Gasteiger partial charge in [0.1, 0.15) is 0 Å². The van der Waals surface area contributed by atoms with E-state index in [9.17, 15) is 0 Å². The van der Waals surface area contributed by atoms with Crippen LogP contribution in [0, 0.1) is 0 Å². The van der Waals surface area contributed by atoms with Crippen LogP contribution in [0.25, 0.3) is 0 Å². The molecule has 0 saturated carbocycles. The van der Waals surface area contributed by atoms with E-state index >= 15 is 0 Å². The Balaban J connectivity index is 6.01. The molecule has 0 atom stereocenters. The molecular formula is C31H74O6Si5. The van der Waals surface area contributed by atoms with Gasteiger partial charge in [-0.3, -0.25) is 0 Å². The van der Waals surface area contributed by atoms with Gasteiger partial charge in [-0.15, -0.1) is 0 Å². The van der Waals surface area contributed by atoms with Crippen LogP contribution in [0.4, 0.5) is 0 Å². The quantitative estimate of drug-likeness (QED) is 0.0578. The summed E-state index contributed by atoms with van der Waals surface area (Å²) in [6.07, 6.45) is 5.78. The highest BCUT2D eigenvalue weighted by Gasteiger charge is 2.54. The van der Waals surface area contributed by atoms with Crippen molar-refractivity contribution in [3.63, 3.8) is 0 Å². The molecule has 0 fully saturated rings. The zero-order chi connectivity index (χ0) is 32.2. The minimum absolute atomic E-state index is 0.646. The summed E-state index contributed by atoms with van der Waals surface area (Å²) >= 11 is 0. The summed E-state index contributed by atoms with van der Waals surface area (Å²) in [6, 6.07) is 12.2. The fourth-order valence-corrected chi connectivity index (χ4v) is 30.2. The maximum absolute atomic E-state index is 7.61. The molecule has 11 heteroatoms. The van der Waals surface area contributed by atoms with Crippen molar-refractivity contribution in [1.29, 1.82) is 0 Å². The maximum Gasteiger partial charge on any atom is 0.500 e. The minimum Gasteiger partial charge on any atom is -0.416 e. The van der Waals surface area contributed by atoms with E-state index in [4.69, 9.17) is 25.6 Å². The molecule has 0 rings (SSSR count). The third-order valence-corrected chi connectivity index (χ3v) is 34.6. The summed E-state index contributed by atoms with van der Waals surface area (Å²) in [7, 11) is -11.2. The highest BCUT2D eigenvalue weighted by atomic mass is 28.5. The molecule has 6 nitrogen and oxygen atoms in total. The van der Waals surface area contributed by atoms with Crippen molar-refractivity contribution < 1.29 is 25.6 Å². The van der Waals surface area contributed by atoms with Gasteiger partial charge in [-0.05, 0) is 88.0 Å². The van der Waals surface area contributed by atoms with Gasteiger partial charge >= 0.3 is 17.6 Å². The number of unbranched alkanes of at least 4 members (excludes halogenated alkanes) is 4. The van der Waals surface area contributed by atoms with Gasteiger partial charge < -0.3 is 25.6 Å². The van der Waals surface area contributed by atoms with Gasteiger partial charge in [0.15, 0.2) is 25.0 Å². The lowest BCUT2D eigenvalue weighted by molar-refractivity contribution is 0.0706. The first kappa shape index (κ1) is 42.8. The normalized spacial score (nSPS) is 13.7. The summed E-state index contributed by atoms with van der Waals surface area (Å²) in [5.74, 6) is 0. The van der Waals surface area contributed by atoms with Crippen LogP contribution >= 0.6 is 0 Å². The number of rotatable bonds is 29. The average Bonchev–Trinajstić information content (AvgIpc) is 3.01. The Hall–Kier alpha value is 0.844. The topological polar surface area (TPSA) is 55.4 Å². The Bertz CT molecular complexity index is 563. The van der Waals surface area contributed by atoms with Gasteiger partial charge in [-0.2, -0.15) is 0 Å². The smallest absolute Gasteiger partial charge is 0.416 e. The predicted octanol–water partition coefficient (Wildman–Crippen LogP) is 11.0. The van der Waals surface area contributed by atoms with Crippen LogP contribution in [0.3, 0.4) is 0 Å². The molecule has 0 bridgehead atoms. The summed E-state index contributed by atoms with van der Waals surface area (Å²) in [5, 5.41) is 0. The van der Waals surface area contributed by atoms with Crippen molar-refractivity contribution in [3.05, 3.63) is 0 Å². The number of hydrogen-bond acceptors (Lipinski definition) is 6. The van der Waals surface area contributed by atoms with E-state index in [2.05, 4.69) is 62.3 Å². The molecule has 0 unspecified atom stereocenters. The first-order valence-corrected chi connectivity index (χ1v) is 29.5. The third-order valence-electron chi connectivity index (χ3n) is 9.97. The van der Waals surface area contributed by atoms with Gasteiger partial charge in [-0.1, -0.05) is 81.6 Å². The fourth-order valence-electron chi connectivity index (χ4n) is 6.32. The third kappa shape index (κ3) is 13.3. The van der Waals surface area contributed by atoms with Gasteiger partial charge in [0.2, 0.25) is 0 Å². The van der Waals surface area contributed by atoms with Gasteiger partial charge in [0.25, 0.3) is 0 Å². The van der Waals surface area contributed by atoms with Crippen LogP contribution in [-0.2, 0) is 25.6 Å². The van der Waals surface area contributed by atoms with E-state index in [1.54, 1.807) is 0 Å². The van der Waals surface area contributed by atoms with Crippen LogP contribution in [0.2, 0.25) is 66.5 Å². The molecule has 0 saturated heterocycles. The van der Waals surface area contributed by atoms with Crippen molar-refractivity contribution in [2.45, 2.75) is 182 Å². The lowest BCUT2D eigenvalue weighted by atomic mass is 10.2. The summed E-state index contributed by atoms with van der Waals surface area (Å²) in [6.45, 7) is 29.2. The van der Waals surface area contributed by atoms with E-state index in [1.807, 2.05) is 20.8 Å². The molecule has 0 aromatic rings. The van der Waals surface area contributed by atoms with Crippen molar-refractivity contribution in [2.75, 3.05) is 19.8 Å². The standard InChI is InChI=1S/C31H74O6Si5/c1-13-32-41(33-14-2,34-15-3)30-28-26-25-27-29-31-42(35-38(16-4,17-5)18-6,36-39(19-7,20-8)21-9)37-40(22-10,23-11)24-12/h13-31H2,1-12H3. The lowest BCUT2D eigenvalue weighted by Gasteiger charge is -2.48. The highest BCUT2D eigenvalue weighted by molar-refractivity contribution is 6.92. The second-order valence-corrected chi connectivity index (χ2v) is 32.5. The van der Waals surface area contributed by atoms with Crippen molar-refractivity contribution in [2.24, 2.45) is 0 Å². The molecule has 0 N–H and O–H groups in total. The molecule has 0 radical (unpaired) electrons. The molecule has 0 aliphatic rings. The average molecular weight is 683 g/mol. The molecular weight excluding hydrogens is 609 g/mol. The Labute approximate surface area is 268 Å². The molecule has 42 heavy (non-hydrogen) atoms. The number of hydrogen-bond donors (Lipinski definition) is 0. The molecule has 0 aliphatic heterocycles. The van der Waals surface area contributed by atoms with Crippen molar-refractivity contribution in [3.8, 4) is 0 Å². The van der Waals surface area contributed by atoms with Crippen LogP contribution < -0.4 is 0 Å². The summed E-state index contributed by atoms with van der Waals surface area (Å²) in [5.41, 5.74) is 0. The van der Waals surface area contributed by atoms with Crippen molar-refractivity contribution >= 4 is 42.6 Å². The van der Waals surface area contributed by atoms with Crippen molar-refractivity contribution in [1.82, 2.24) is 0 Å². The lowest BCUT2D eigenvalue weighted by Crippen LogP contribution is -2.64.